The Morgan fingerprint density at radius 2 is 2.04 bits per heavy atom. The molecule has 0 spiro atoms. The highest BCUT2D eigenvalue weighted by Gasteiger charge is 2.19. The molecule has 1 atom stereocenters. The average molecular weight is 358 g/mol. The molecule has 0 saturated heterocycles. The standard InChI is InChI=1S/C19H18O3S2/c1-21-15-8-6-14(7-9-15)19(24-13-16-4-2-10-22-16)12-17(20)18-5-3-11-23-18/h2-11,19H,12-13H2,1H3/t19-/m1/s1. The first-order chi connectivity index (χ1) is 11.8. The van der Waals surface area contributed by atoms with Gasteiger partial charge < -0.3 is 9.15 Å². The highest BCUT2D eigenvalue weighted by atomic mass is 32.2. The predicted octanol–water partition coefficient (Wildman–Crippen LogP) is 5.60. The molecule has 1 aromatic carbocycles. The highest BCUT2D eigenvalue weighted by molar-refractivity contribution is 7.98. The summed E-state index contributed by atoms with van der Waals surface area (Å²) in [6.45, 7) is 0. The second kappa shape index (κ2) is 8.22. The number of carbonyl (C=O) groups excluding carboxylic acids is 1. The minimum atomic E-state index is 0.0793. The molecule has 3 rings (SSSR count). The monoisotopic (exact) mass is 358 g/mol. The van der Waals surface area contributed by atoms with E-state index in [1.54, 1.807) is 25.1 Å². The molecule has 124 valence electrons. The number of benzene rings is 1. The van der Waals surface area contributed by atoms with Crippen LogP contribution in [0.4, 0.5) is 0 Å². The Balaban J connectivity index is 1.75. The summed E-state index contributed by atoms with van der Waals surface area (Å²) < 4.78 is 10.6. The molecule has 0 N–H and O–H groups in total. The van der Waals surface area contributed by atoms with Gasteiger partial charge >= 0.3 is 0 Å². The molecular weight excluding hydrogens is 340 g/mol. The van der Waals surface area contributed by atoms with E-state index >= 15 is 0 Å². The van der Waals surface area contributed by atoms with Crippen LogP contribution in [0.1, 0.15) is 32.7 Å². The van der Waals surface area contributed by atoms with Crippen LogP contribution in [-0.2, 0) is 5.75 Å². The van der Waals surface area contributed by atoms with Crippen molar-refractivity contribution in [3.8, 4) is 5.75 Å². The lowest BCUT2D eigenvalue weighted by Gasteiger charge is -2.16. The molecule has 0 saturated carbocycles. The van der Waals surface area contributed by atoms with Gasteiger partial charge in [0.2, 0.25) is 0 Å². The van der Waals surface area contributed by atoms with Crippen LogP contribution in [0.5, 0.6) is 5.75 Å². The Labute approximate surface area is 149 Å². The van der Waals surface area contributed by atoms with Crippen molar-refractivity contribution in [1.82, 2.24) is 0 Å². The second-order valence-corrected chi connectivity index (χ2v) is 7.40. The number of hydrogen-bond acceptors (Lipinski definition) is 5. The van der Waals surface area contributed by atoms with E-state index in [9.17, 15) is 4.79 Å². The molecule has 24 heavy (non-hydrogen) atoms. The third kappa shape index (κ3) is 4.30. The van der Waals surface area contributed by atoms with Gasteiger partial charge in [0.15, 0.2) is 5.78 Å². The van der Waals surface area contributed by atoms with Crippen molar-refractivity contribution in [3.63, 3.8) is 0 Å². The van der Waals surface area contributed by atoms with Gasteiger partial charge in [0.25, 0.3) is 0 Å². The molecule has 0 aliphatic carbocycles. The molecule has 3 nitrogen and oxygen atoms in total. The van der Waals surface area contributed by atoms with Crippen molar-refractivity contribution >= 4 is 28.9 Å². The molecule has 0 aliphatic rings. The summed E-state index contributed by atoms with van der Waals surface area (Å²) in [5.41, 5.74) is 1.12. The van der Waals surface area contributed by atoms with E-state index in [2.05, 4.69) is 0 Å². The van der Waals surface area contributed by atoms with Crippen LogP contribution in [0.15, 0.2) is 64.6 Å². The SMILES string of the molecule is COc1ccc([C@@H](CC(=O)c2cccs2)SCc2ccco2)cc1. The Hall–Kier alpha value is -1.98. The Kier molecular flexibility index (Phi) is 5.77. The van der Waals surface area contributed by atoms with Gasteiger partial charge in [0, 0.05) is 11.7 Å². The van der Waals surface area contributed by atoms with Crippen LogP contribution in [-0.4, -0.2) is 12.9 Å². The number of ether oxygens (including phenoxy) is 1. The van der Waals surface area contributed by atoms with E-state index < -0.39 is 0 Å². The normalized spacial score (nSPS) is 12.0. The van der Waals surface area contributed by atoms with Crippen molar-refractivity contribution in [1.29, 1.82) is 0 Å². The van der Waals surface area contributed by atoms with Gasteiger partial charge in [-0.2, -0.15) is 0 Å². The maximum Gasteiger partial charge on any atom is 0.174 e. The average Bonchev–Trinajstić information content (AvgIpc) is 3.32. The lowest BCUT2D eigenvalue weighted by atomic mass is 10.1. The van der Waals surface area contributed by atoms with Crippen molar-refractivity contribution < 1.29 is 13.9 Å². The number of ketones is 1. The van der Waals surface area contributed by atoms with Gasteiger partial charge in [-0.25, -0.2) is 0 Å². The quantitative estimate of drug-likeness (QED) is 0.492. The van der Waals surface area contributed by atoms with Gasteiger partial charge in [0.05, 0.1) is 24.0 Å². The summed E-state index contributed by atoms with van der Waals surface area (Å²) in [4.78, 5) is 13.3. The summed E-state index contributed by atoms with van der Waals surface area (Å²) >= 11 is 3.21. The molecule has 0 unspecified atom stereocenters. The van der Waals surface area contributed by atoms with Crippen LogP contribution in [0.2, 0.25) is 0 Å². The maximum atomic E-state index is 12.5. The third-order valence-electron chi connectivity index (χ3n) is 3.66. The van der Waals surface area contributed by atoms with Crippen LogP contribution < -0.4 is 4.74 Å². The van der Waals surface area contributed by atoms with E-state index in [-0.39, 0.29) is 11.0 Å². The lowest BCUT2D eigenvalue weighted by molar-refractivity contribution is 0.0986. The summed E-state index contributed by atoms with van der Waals surface area (Å²) in [6.07, 6.45) is 2.15. The van der Waals surface area contributed by atoms with Gasteiger partial charge in [-0.15, -0.1) is 23.1 Å². The smallest absolute Gasteiger partial charge is 0.174 e. The Morgan fingerprint density at radius 1 is 1.21 bits per heavy atom. The van der Waals surface area contributed by atoms with Crippen molar-refractivity contribution in [2.45, 2.75) is 17.4 Å². The molecule has 0 bridgehead atoms. The summed E-state index contributed by atoms with van der Waals surface area (Å²) in [7, 11) is 1.65. The fraction of sp³-hybridized carbons (Fsp3) is 0.211. The van der Waals surface area contributed by atoms with Crippen molar-refractivity contribution in [2.75, 3.05) is 7.11 Å². The first kappa shape index (κ1) is 16.9. The molecule has 5 heteroatoms. The molecular formula is C19H18O3S2. The molecule has 2 heterocycles. The molecule has 0 radical (unpaired) electrons. The number of hydrogen-bond donors (Lipinski definition) is 0. The predicted molar refractivity (Wildman–Crippen MR) is 99.0 cm³/mol. The topological polar surface area (TPSA) is 39.4 Å². The minimum absolute atomic E-state index is 0.0793. The lowest BCUT2D eigenvalue weighted by Crippen LogP contribution is -2.04. The number of carbonyl (C=O) groups is 1. The van der Waals surface area contributed by atoms with Gasteiger partial charge in [-0.1, -0.05) is 18.2 Å². The van der Waals surface area contributed by atoms with Crippen LogP contribution in [0, 0.1) is 0 Å². The van der Waals surface area contributed by atoms with Gasteiger partial charge in [-0.05, 0) is 41.3 Å². The molecule has 0 fully saturated rings. The third-order valence-corrected chi connectivity index (χ3v) is 5.86. The fourth-order valence-electron chi connectivity index (χ4n) is 2.38. The number of thioether (sulfide) groups is 1. The number of rotatable bonds is 8. The fourth-order valence-corrected chi connectivity index (χ4v) is 4.20. The molecule has 3 aromatic rings. The number of thiophene rings is 1. The van der Waals surface area contributed by atoms with Gasteiger partial charge in [-0.3, -0.25) is 4.79 Å². The van der Waals surface area contributed by atoms with Crippen molar-refractivity contribution in [2.24, 2.45) is 0 Å². The zero-order valence-electron chi connectivity index (χ0n) is 13.3. The van der Waals surface area contributed by atoms with Crippen molar-refractivity contribution in [3.05, 3.63) is 76.4 Å². The first-order valence-corrected chi connectivity index (χ1v) is 9.54. The van der Waals surface area contributed by atoms with E-state index in [1.165, 1.54) is 11.3 Å². The van der Waals surface area contributed by atoms with E-state index in [4.69, 9.17) is 9.15 Å². The number of Topliss-reactive ketones (excluding diaryl/α,β-unsaturated/α-hetero) is 1. The molecule has 0 aliphatic heterocycles. The molecule has 0 amide bonds. The van der Waals surface area contributed by atoms with E-state index in [0.29, 0.717) is 6.42 Å². The number of methoxy groups -OCH3 is 1. The minimum Gasteiger partial charge on any atom is -0.497 e. The van der Waals surface area contributed by atoms with Crippen LogP contribution in [0.25, 0.3) is 0 Å². The second-order valence-electron chi connectivity index (χ2n) is 5.26. The van der Waals surface area contributed by atoms with Crippen LogP contribution in [0.3, 0.4) is 0 Å². The zero-order chi connectivity index (χ0) is 16.8. The molecule has 2 aromatic heterocycles. The largest absolute Gasteiger partial charge is 0.497 e. The summed E-state index contributed by atoms with van der Waals surface area (Å²) in [6, 6.07) is 15.6. The summed E-state index contributed by atoms with van der Waals surface area (Å²) in [5.74, 6) is 2.65. The van der Waals surface area contributed by atoms with Crippen LogP contribution >= 0.6 is 23.1 Å². The van der Waals surface area contributed by atoms with E-state index in [0.717, 1.165) is 27.7 Å². The zero-order valence-corrected chi connectivity index (χ0v) is 14.9. The van der Waals surface area contributed by atoms with E-state index in [1.807, 2.05) is 53.9 Å². The Morgan fingerprint density at radius 3 is 2.67 bits per heavy atom. The summed E-state index contributed by atoms with van der Waals surface area (Å²) in [5, 5.41) is 2.02. The van der Waals surface area contributed by atoms with Gasteiger partial charge in [0.1, 0.15) is 11.5 Å². The Bertz CT molecular complexity index is 747. The number of furan rings is 1. The highest BCUT2D eigenvalue weighted by Crippen LogP contribution is 2.36. The first-order valence-electron chi connectivity index (χ1n) is 7.61. The maximum absolute atomic E-state index is 12.5.